The van der Waals surface area contributed by atoms with Gasteiger partial charge in [-0.05, 0) is 30.7 Å². The summed E-state index contributed by atoms with van der Waals surface area (Å²) < 4.78 is 5.28. The van der Waals surface area contributed by atoms with Crippen LogP contribution in [0.4, 0.5) is 4.79 Å². The van der Waals surface area contributed by atoms with Crippen LogP contribution in [0.25, 0.3) is 11.4 Å². The van der Waals surface area contributed by atoms with Crippen LogP contribution in [0, 0.1) is 5.92 Å². The normalized spacial score (nSPS) is 15.6. The third kappa shape index (κ3) is 8.47. The summed E-state index contributed by atoms with van der Waals surface area (Å²) in [5.74, 6) is 0.779. The second-order valence-electron chi connectivity index (χ2n) is 9.30. The van der Waals surface area contributed by atoms with E-state index in [0.29, 0.717) is 37.6 Å². The zero-order valence-electron chi connectivity index (χ0n) is 20.3. The van der Waals surface area contributed by atoms with Gasteiger partial charge in [-0.2, -0.15) is 4.98 Å². The molecule has 8 heteroatoms. The number of amides is 2. The average Bonchev–Trinajstić information content (AvgIpc) is 3.50. The van der Waals surface area contributed by atoms with Crippen molar-refractivity contribution in [3.05, 3.63) is 35.7 Å². The highest BCUT2D eigenvalue weighted by atomic mass is 16.5. The molecule has 1 aliphatic heterocycles. The second kappa shape index (κ2) is 13.7. The van der Waals surface area contributed by atoms with Crippen molar-refractivity contribution in [2.45, 2.75) is 84.1 Å². The number of aromatic nitrogens is 2. The molecule has 3 rings (SSSR count). The first-order valence-corrected chi connectivity index (χ1v) is 12.7. The molecule has 1 aliphatic rings. The van der Waals surface area contributed by atoms with Crippen LogP contribution < -0.4 is 5.32 Å². The minimum atomic E-state index is -0.928. The van der Waals surface area contributed by atoms with Crippen LogP contribution >= 0.6 is 0 Å². The molecule has 2 heterocycles. The van der Waals surface area contributed by atoms with Gasteiger partial charge < -0.3 is 19.8 Å². The first-order valence-electron chi connectivity index (χ1n) is 12.7. The number of unbranched alkanes of at least 4 members (excludes halogenated alkanes) is 7. The van der Waals surface area contributed by atoms with Crippen molar-refractivity contribution < 1.29 is 19.2 Å². The van der Waals surface area contributed by atoms with Crippen molar-refractivity contribution in [3.63, 3.8) is 0 Å². The molecule has 2 N–H and O–H groups in total. The van der Waals surface area contributed by atoms with Gasteiger partial charge >= 0.3 is 6.09 Å². The number of likely N-dealkylation sites (tertiary alicyclic amines) is 1. The molecule has 0 aliphatic carbocycles. The lowest BCUT2D eigenvalue weighted by atomic mass is 10.0. The van der Waals surface area contributed by atoms with E-state index in [0.717, 1.165) is 12.0 Å². The van der Waals surface area contributed by atoms with Crippen LogP contribution in [0.5, 0.6) is 0 Å². The van der Waals surface area contributed by atoms with Gasteiger partial charge in [0, 0.05) is 25.1 Å². The number of hydrogen-bond donors (Lipinski definition) is 2. The highest BCUT2D eigenvalue weighted by Gasteiger charge is 2.27. The molecule has 1 fully saturated rings. The summed E-state index contributed by atoms with van der Waals surface area (Å²) >= 11 is 0. The van der Waals surface area contributed by atoms with Gasteiger partial charge in [0.15, 0.2) is 0 Å². The smallest absolute Gasteiger partial charge is 0.407 e. The molecule has 0 bridgehead atoms. The van der Waals surface area contributed by atoms with Crippen molar-refractivity contribution in [2.24, 2.45) is 5.92 Å². The Morgan fingerprint density at radius 3 is 2.47 bits per heavy atom. The maximum Gasteiger partial charge on any atom is 0.407 e. The summed E-state index contributed by atoms with van der Waals surface area (Å²) in [6.45, 7) is 3.31. The second-order valence-corrected chi connectivity index (χ2v) is 9.30. The Hall–Kier alpha value is -2.90. The first-order chi connectivity index (χ1) is 16.5. The molecule has 1 aromatic carbocycles. The number of hydrogen-bond acceptors (Lipinski definition) is 5. The van der Waals surface area contributed by atoms with Crippen molar-refractivity contribution in [3.8, 4) is 11.4 Å². The number of nitrogens with zero attached hydrogens (tertiary/aromatic N) is 3. The topological polar surface area (TPSA) is 109 Å². The van der Waals surface area contributed by atoms with Crippen LogP contribution in [0.2, 0.25) is 0 Å². The predicted octanol–water partition coefficient (Wildman–Crippen LogP) is 5.43. The maximum atomic E-state index is 12.2. The Balaban J connectivity index is 1.35. The van der Waals surface area contributed by atoms with Gasteiger partial charge in [0.2, 0.25) is 17.6 Å². The summed E-state index contributed by atoms with van der Waals surface area (Å²) in [6.07, 6.45) is 11.7. The quantitative estimate of drug-likeness (QED) is 0.357. The number of aryl methyl sites for hydroxylation is 1. The fraction of sp³-hybridized carbons (Fsp3) is 0.615. The van der Waals surface area contributed by atoms with E-state index >= 15 is 0 Å². The molecule has 8 nitrogen and oxygen atoms in total. The highest BCUT2D eigenvalue weighted by Crippen LogP contribution is 2.20. The molecule has 0 spiro atoms. The number of carbonyl (C=O) groups excluding carboxylic acids is 1. The minimum Gasteiger partial charge on any atom is -0.465 e. The van der Waals surface area contributed by atoms with Crippen molar-refractivity contribution in [2.75, 3.05) is 13.1 Å². The largest absolute Gasteiger partial charge is 0.465 e. The average molecular weight is 471 g/mol. The molecule has 0 radical (unpaired) electrons. The minimum absolute atomic E-state index is 0.0543. The zero-order chi connectivity index (χ0) is 24.2. The lowest BCUT2D eigenvalue weighted by molar-refractivity contribution is -0.122. The Morgan fingerprint density at radius 1 is 1.09 bits per heavy atom. The number of carbonyl (C=O) groups is 2. The molecular formula is C26H38N4O4. The summed E-state index contributed by atoms with van der Waals surface area (Å²) in [5, 5.41) is 15.8. The van der Waals surface area contributed by atoms with Gasteiger partial charge in [0.25, 0.3) is 0 Å². The van der Waals surface area contributed by atoms with Crippen LogP contribution in [-0.4, -0.2) is 45.2 Å². The van der Waals surface area contributed by atoms with E-state index in [1.165, 1.54) is 61.8 Å². The van der Waals surface area contributed by atoms with E-state index < -0.39 is 6.09 Å². The van der Waals surface area contributed by atoms with Gasteiger partial charge in [-0.25, -0.2) is 4.79 Å². The molecule has 1 atom stereocenters. The van der Waals surface area contributed by atoms with E-state index in [1.807, 2.05) is 12.1 Å². The lowest BCUT2D eigenvalue weighted by Crippen LogP contribution is -2.29. The fourth-order valence-electron chi connectivity index (χ4n) is 4.41. The molecule has 1 aromatic heterocycles. The van der Waals surface area contributed by atoms with E-state index in [-0.39, 0.29) is 18.4 Å². The Labute approximate surface area is 202 Å². The molecule has 2 amide bonds. The number of benzene rings is 1. The van der Waals surface area contributed by atoms with E-state index in [1.54, 1.807) is 0 Å². The van der Waals surface area contributed by atoms with E-state index in [9.17, 15) is 9.59 Å². The Bertz CT molecular complexity index is 896. The van der Waals surface area contributed by atoms with Crippen molar-refractivity contribution >= 4 is 12.0 Å². The fourth-order valence-corrected chi connectivity index (χ4v) is 4.41. The number of rotatable bonds is 14. The molecule has 0 saturated carbocycles. The number of nitrogens with one attached hydrogen (secondary N) is 1. The molecule has 0 unspecified atom stereocenters. The van der Waals surface area contributed by atoms with Crippen LogP contribution in [0.3, 0.4) is 0 Å². The SMILES string of the molecule is CCCCCCCCCCc1ccc(-c2noc(CNC(=O)C[C@@H]3CCN(C(=O)O)C3)n2)cc1. The molecule has 34 heavy (non-hydrogen) atoms. The number of carboxylic acid groups (broad SMARTS) is 1. The van der Waals surface area contributed by atoms with Gasteiger partial charge in [-0.15, -0.1) is 0 Å². The van der Waals surface area contributed by atoms with E-state index in [2.05, 4.69) is 34.5 Å². The molecule has 2 aromatic rings. The summed E-state index contributed by atoms with van der Waals surface area (Å²) in [4.78, 5) is 28.9. The predicted molar refractivity (Wildman–Crippen MR) is 130 cm³/mol. The molecular weight excluding hydrogens is 432 g/mol. The summed E-state index contributed by atoms with van der Waals surface area (Å²) in [5.41, 5.74) is 2.21. The van der Waals surface area contributed by atoms with Gasteiger partial charge in [0.1, 0.15) is 0 Å². The van der Waals surface area contributed by atoms with Crippen molar-refractivity contribution in [1.82, 2.24) is 20.4 Å². The zero-order valence-corrected chi connectivity index (χ0v) is 20.3. The Kier molecular flexibility index (Phi) is 10.4. The standard InChI is InChI=1S/C26H38N4O4/c1-2-3-4-5-6-7-8-9-10-20-11-13-22(14-12-20)25-28-24(34-29-25)18-27-23(31)17-21-15-16-30(19-21)26(32)33/h11-14,21H,2-10,15-19H2,1H3,(H,27,31)(H,32,33)/t21-/m0/s1. The molecule has 186 valence electrons. The van der Waals surface area contributed by atoms with Gasteiger partial charge in [0.05, 0.1) is 6.54 Å². The third-order valence-electron chi connectivity index (χ3n) is 6.47. The highest BCUT2D eigenvalue weighted by molar-refractivity contribution is 5.76. The van der Waals surface area contributed by atoms with Crippen LogP contribution in [0.15, 0.2) is 28.8 Å². The lowest BCUT2D eigenvalue weighted by Gasteiger charge is -2.11. The summed E-state index contributed by atoms with van der Waals surface area (Å²) in [7, 11) is 0. The van der Waals surface area contributed by atoms with Crippen LogP contribution in [-0.2, 0) is 17.8 Å². The monoisotopic (exact) mass is 470 g/mol. The summed E-state index contributed by atoms with van der Waals surface area (Å²) in [6, 6.07) is 8.27. The molecule has 1 saturated heterocycles. The van der Waals surface area contributed by atoms with Gasteiger partial charge in [-0.3, -0.25) is 4.79 Å². The van der Waals surface area contributed by atoms with Gasteiger partial charge in [-0.1, -0.05) is 81.3 Å². The van der Waals surface area contributed by atoms with Crippen LogP contribution in [0.1, 0.15) is 82.6 Å². The third-order valence-corrected chi connectivity index (χ3v) is 6.47. The van der Waals surface area contributed by atoms with Crippen molar-refractivity contribution in [1.29, 1.82) is 0 Å². The first kappa shape index (κ1) is 25.7. The van der Waals surface area contributed by atoms with E-state index in [4.69, 9.17) is 9.63 Å². The Morgan fingerprint density at radius 2 is 1.79 bits per heavy atom. The maximum absolute atomic E-state index is 12.2.